The third-order valence-corrected chi connectivity index (χ3v) is 4.14. The molecule has 0 saturated carbocycles. The van der Waals surface area contributed by atoms with E-state index in [1.54, 1.807) is 7.11 Å². The van der Waals surface area contributed by atoms with Crippen LogP contribution in [0.25, 0.3) is 0 Å². The predicted octanol–water partition coefficient (Wildman–Crippen LogP) is 3.91. The standard InChI is InChI=1S/C21H27NO3/c1-4-18(25-19-13-7-5-10-16(19)2)21(23)22-15-9-12-17-11-6-8-14-20(17)24-3/h5-8,10-11,13-14,18H,4,9,12,15H2,1-3H3,(H,22,23)/t18-/m0/s1. The maximum atomic E-state index is 12.4. The molecule has 25 heavy (non-hydrogen) atoms. The first-order valence-corrected chi connectivity index (χ1v) is 8.77. The van der Waals surface area contributed by atoms with Gasteiger partial charge in [-0.3, -0.25) is 4.79 Å². The van der Waals surface area contributed by atoms with Crippen molar-refractivity contribution in [2.24, 2.45) is 0 Å². The summed E-state index contributed by atoms with van der Waals surface area (Å²) in [5.41, 5.74) is 2.19. The number of carbonyl (C=O) groups is 1. The van der Waals surface area contributed by atoms with Gasteiger partial charge in [0.2, 0.25) is 0 Å². The molecule has 0 aromatic heterocycles. The minimum absolute atomic E-state index is 0.0641. The summed E-state index contributed by atoms with van der Waals surface area (Å²) in [4.78, 5) is 12.4. The average Bonchev–Trinajstić information content (AvgIpc) is 2.64. The lowest BCUT2D eigenvalue weighted by atomic mass is 10.1. The summed E-state index contributed by atoms with van der Waals surface area (Å²) in [6, 6.07) is 15.7. The minimum Gasteiger partial charge on any atom is -0.496 e. The Hall–Kier alpha value is -2.49. The molecule has 1 N–H and O–H groups in total. The van der Waals surface area contributed by atoms with Gasteiger partial charge >= 0.3 is 0 Å². The topological polar surface area (TPSA) is 47.6 Å². The highest BCUT2D eigenvalue weighted by Gasteiger charge is 2.18. The van der Waals surface area contributed by atoms with Crippen molar-refractivity contribution in [2.75, 3.05) is 13.7 Å². The molecule has 0 aliphatic heterocycles. The van der Waals surface area contributed by atoms with Crippen molar-refractivity contribution in [2.45, 2.75) is 39.2 Å². The Balaban J connectivity index is 1.81. The van der Waals surface area contributed by atoms with Gasteiger partial charge in [0.1, 0.15) is 11.5 Å². The van der Waals surface area contributed by atoms with Gasteiger partial charge < -0.3 is 14.8 Å². The summed E-state index contributed by atoms with van der Waals surface area (Å²) >= 11 is 0. The molecule has 0 unspecified atom stereocenters. The fraction of sp³-hybridized carbons (Fsp3) is 0.381. The molecule has 0 bridgehead atoms. The molecule has 0 fully saturated rings. The number of methoxy groups -OCH3 is 1. The Bertz CT molecular complexity index is 684. The molecule has 0 aliphatic rings. The smallest absolute Gasteiger partial charge is 0.261 e. The van der Waals surface area contributed by atoms with E-state index >= 15 is 0 Å². The predicted molar refractivity (Wildman–Crippen MR) is 100 cm³/mol. The maximum absolute atomic E-state index is 12.4. The van der Waals surface area contributed by atoms with E-state index in [9.17, 15) is 4.79 Å². The van der Waals surface area contributed by atoms with Crippen LogP contribution in [0.5, 0.6) is 11.5 Å². The highest BCUT2D eigenvalue weighted by molar-refractivity contribution is 5.81. The summed E-state index contributed by atoms with van der Waals surface area (Å²) in [6.07, 6.45) is 1.88. The number of para-hydroxylation sites is 2. The number of amides is 1. The van der Waals surface area contributed by atoms with Crippen molar-refractivity contribution < 1.29 is 14.3 Å². The first-order chi connectivity index (χ1) is 12.2. The Morgan fingerprint density at radius 1 is 1.08 bits per heavy atom. The summed E-state index contributed by atoms with van der Waals surface area (Å²) in [6.45, 7) is 4.55. The lowest BCUT2D eigenvalue weighted by Gasteiger charge is -2.18. The Labute approximate surface area is 150 Å². The number of hydrogen-bond donors (Lipinski definition) is 1. The van der Waals surface area contributed by atoms with Gasteiger partial charge in [0.05, 0.1) is 7.11 Å². The van der Waals surface area contributed by atoms with E-state index in [2.05, 4.69) is 11.4 Å². The fourth-order valence-corrected chi connectivity index (χ4v) is 2.68. The van der Waals surface area contributed by atoms with Crippen LogP contribution >= 0.6 is 0 Å². The quantitative estimate of drug-likeness (QED) is 0.704. The number of rotatable bonds is 9. The molecular weight excluding hydrogens is 314 g/mol. The van der Waals surface area contributed by atoms with Gasteiger partial charge in [0.25, 0.3) is 5.91 Å². The molecule has 2 aromatic carbocycles. The number of carbonyl (C=O) groups excluding carboxylic acids is 1. The van der Waals surface area contributed by atoms with Crippen molar-refractivity contribution in [1.29, 1.82) is 0 Å². The van der Waals surface area contributed by atoms with E-state index in [1.807, 2.05) is 56.3 Å². The van der Waals surface area contributed by atoms with Gasteiger partial charge in [-0.25, -0.2) is 0 Å². The second-order valence-electron chi connectivity index (χ2n) is 5.99. The highest BCUT2D eigenvalue weighted by Crippen LogP contribution is 2.20. The summed E-state index contributed by atoms with van der Waals surface area (Å²) in [7, 11) is 1.68. The molecule has 134 valence electrons. The number of ether oxygens (including phenoxy) is 2. The van der Waals surface area contributed by atoms with Crippen LogP contribution in [0.15, 0.2) is 48.5 Å². The maximum Gasteiger partial charge on any atom is 0.261 e. The molecule has 2 rings (SSSR count). The summed E-state index contributed by atoms with van der Waals surface area (Å²) in [5.74, 6) is 1.59. The van der Waals surface area contributed by atoms with Gasteiger partial charge in [-0.15, -0.1) is 0 Å². The van der Waals surface area contributed by atoms with Crippen molar-refractivity contribution >= 4 is 5.91 Å². The molecule has 0 saturated heterocycles. The number of nitrogens with one attached hydrogen (secondary N) is 1. The van der Waals surface area contributed by atoms with Gasteiger partial charge in [-0.05, 0) is 49.4 Å². The Kier molecular flexibility index (Phi) is 7.33. The van der Waals surface area contributed by atoms with Crippen LogP contribution in [-0.2, 0) is 11.2 Å². The minimum atomic E-state index is -0.465. The van der Waals surface area contributed by atoms with E-state index in [1.165, 1.54) is 0 Å². The number of benzene rings is 2. The molecular formula is C21H27NO3. The molecule has 1 amide bonds. The summed E-state index contributed by atoms with van der Waals surface area (Å²) in [5, 5.41) is 2.98. The highest BCUT2D eigenvalue weighted by atomic mass is 16.5. The van der Waals surface area contributed by atoms with Gasteiger partial charge in [0, 0.05) is 6.54 Å². The summed E-state index contributed by atoms with van der Waals surface area (Å²) < 4.78 is 11.2. The average molecular weight is 341 g/mol. The van der Waals surface area contributed by atoms with Crippen LogP contribution in [0.3, 0.4) is 0 Å². The van der Waals surface area contributed by atoms with Crippen LogP contribution in [0.4, 0.5) is 0 Å². The molecule has 0 heterocycles. The van der Waals surface area contributed by atoms with E-state index in [0.717, 1.165) is 35.5 Å². The van der Waals surface area contributed by atoms with Crippen molar-refractivity contribution in [1.82, 2.24) is 5.32 Å². The van der Waals surface area contributed by atoms with Gasteiger partial charge in [-0.1, -0.05) is 43.3 Å². The zero-order chi connectivity index (χ0) is 18.1. The van der Waals surface area contributed by atoms with Crippen LogP contribution in [0, 0.1) is 6.92 Å². The lowest BCUT2D eigenvalue weighted by Crippen LogP contribution is -2.38. The normalized spacial score (nSPS) is 11.6. The Morgan fingerprint density at radius 3 is 2.44 bits per heavy atom. The first kappa shape index (κ1) is 18.8. The molecule has 4 nitrogen and oxygen atoms in total. The lowest BCUT2D eigenvalue weighted by molar-refractivity contribution is -0.128. The molecule has 0 radical (unpaired) electrons. The van der Waals surface area contributed by atoms with Crippen LogP contribution in [-0.4, -0.2) is 25.7 Å². The number of aryl methyl sites for hydroxylation is 2. The van der Waals surface area contributed by atoms with Crippen LogP contribution in [0.2, 0.25) is 0 Å². The second kappa shape index (κ2) is 9.72. The monoisotopic (exact) mass is 341 g/mol. The van der Waals surface area contributed by atoms with Crippen molar-refractivity contribution in [3.05, 3.63) is 59.7 Å². The van der Waals surface area contributed by atoms with Crippen molar-refractivity contribution in [3.8, 4) is 11.5 Å². The van der Waals surface area contributed by atoms with E-state index in [4.69, 9.17) is 9.47 Å². The van der Waals surface area contributed by atoms with E-state index in [0.29, 0.717) is 13.0 Å². The largest absolute Gasteiger partial charge is 0.496 e. The Morgan fingerprint density at radius 2 is 1.76 bits per heavy atom. The molecule has 0 aliphatic carbocycles. The van der Waals surface area contributed by atoms with Gasteiger partial charge in [0.15, 0.2) is 6.10 Å². The molecule has 1 atom stereocenters. The first-order valence-electron chi connectivity index (χ1n) is 8.77. The molecule has 4 heteroatoms. The fourth-order valence-electron chi connectivity index (χ4n) is 2.68. The van der Waals surface area contributed by atoms with Gasteiger partial charge in [-0.2, -0.15) is 0 Å². The zero-order valence-electron chi connectivity index (χ0n) is 15.2. The number of hydrogen-bond acceptors (Lipinski definition) is 3. The second-order valence-corrected chi connectivity index (χ2v) is 5.99. The van der Waals surface area contributed by atoms with Crippen LogP contribution in [0.1, 0.15) is 30.9 Å². The third-order valence-electron chi connectivity index (χ3n) is 4.14. The molecule has 2 aromatic rings. The zero-order valence-corrected chi connectivity index (χ0v) is 15.2. The van der Waals surface area contributed by atoms with Crippen LogP contribution < -0.4 is 14.8 Å². The SMILES string of the molecule is CC[C@H](Oc1ccccc1C)C(=O)NCCCc1ccccc1OC. The molecule has 0 spiro atoms. The van der Waals surface area contributed by atoms with Crippen molar-refractivity contribution in [3.63, 3.8) is 0 Å². The third kappa shape index (κ3) is 5.52. The van der Waals surface area contributed by atoms with E-state index < -0.39 is 6.10 Å². The van der Waals surface area contributed by atoms with E-state index in [-0.39, 0.29) is 5.91 Å².